The molecule has 7 heterocycles. The van der Waals surface area contributed by atoms with Gasteiger partial charge in [0.05, 0.1) is 17.1 Å². The summed E-state index contributed by atoms with van der Waals surface area (Å²) in [5.41, 5.74) is 17.1. The Morgan fingerprint density at radius 2 is 0.703 bits per heavy atom. The molecule has 0 atom stereocenters. The summed E-state index contributed by atoms with van der Waals surface area (Å²) in [6.07, 6.45) is 0. The Labute approximate surface area is 524 Å². The van der Waals surface area contributed by atoms with Crippen molar-refractivity contribution in [1.82, 2.24) is 9.97 Å². The van der Waals surface area contributed by atoms with Crippen molar-refractivity contribution in [3.63, 3.8) is 0 Å². The number of thiophene rings is 2. The number of hydrogen-bond acceptors (Lipinski definition) is 11. The number of nitrogens with zero attached hydrogens (tertiary/aromatic N) is 4. The molecule has 0 fully saturated rings. The Morgan fingerprint density at radius 1 is 0.242 bits per heavy atom. The predicted octanol–water partition coefficient (Wildman–Crippen LogP) is 24.3. The van der Waals surface area contributed by atoms with Crippen LogP contribution in [-0.2, 0) is 0 Å². The highest BCUT2D eigenvalue weighted by Crippen LogP contribution is 2.49. The smallest absolute Gasteiger partial charge is 0.227 e. The molecular weight excluding hydrogens is 1160 g/mol. The normalized spacial score (nSPS) is 12.2. The Balaban J connectivity index is 0.619. The highest BCUT2D eigenvalue weighted by atomic mass is 32.1. The minimum atomic E-state index is 0.535. The molecule has 426 valence electrons. The van der Waals surface area contributed by atoms with Crippen LogP contribution in [0.2, 0.25) is 0 Å². The van der Waals surface area contributed by atoms with Crippen molar-refractivity contribution >= 4 is 185 Å². The van der Waals surface area contributed by atoms with Gasteiger partial charge in [0, 0.05) is 119 Å². The summed E-state index contributed by atoms with van der Waals surface area (Å²) in [6.45, 7) is 0. The van der Waals surface area contributed by atoms with Gasteiger partial charge in [0.2, 0.25) is 11.8 Å². The number of aromatic nitrogens is 2. The fraction of sp³-hybridized carbons (Fsp3) is 0. The van der Waals surface area contributed by atoms with Gasteiger partial charge in [0.1, 0.15) is 33.4 Å². The number of anilines is 6. The van der Waals surface area contributed by atoms with Crippen molar-refractivity contribution in [1.29, 1.82) is 0 Å². The maximum Gasteiger partial charge on any atom is 0.227 e. The molecule has 0 aliphatic heterocycles. The van der Waals surface area contributed by atoms with Crippen molar-refractivity contribution in [3.8, 4) is 34.0 Å². The van der Waals surface area contributed by atoms with Crippen molar-refractivity contribution in [2.24, 2.45) is 0 Å². The van der Waals surface area contributed by atoms with Crippen LogP contribution < -0.4 is 9.80 Å². The van der Waals surface area contributed by atoms with E-state index in [0.29, 0.717) is 22.9 Å². The van der Waals surface area contributed by atoms with Crippen LogP contribution in [0.15, 0.2) is 289 Å². The number of hydrogen-bond donors (Lipinski definition) is 0. The summed E-state index contributed by atoms with van der Waals surface area (Å²) in [5.74, 6) is 1.11. The van der Waals surface area contributed by atoms with Gasteiger partial charge >= 0.3 is 0 Å². The minimum absolute atomic E-state index is 0.535. The molecule has 0 amide bonds. The van der Waals surface area contributed by atoms with E-state index in [-0.39, 0.29) is 0 Å². The second-order valence-electron chi connectivity index (χ2n) is 23.2. The second-order valence-corrected chi connectivity index (χ2v) is 25.4. The van der Waals surface area contributed by atoms with E-state index in [2.05, 4.69) is 228 Å². The van der Waals surface area contributed by atoms with Crippen molar-refractivity contribution in [3.05, 3.63) is 267 Å². The summed E-state index contributed by atoms with van der Waals surface area (Å²) in [7, 11) is 0. The zero-order valence-corrected chi connectivity index (χ0v) is 49.7. The summed E-state index contributed by atoms with van der Waals surface area (Å²) in [6, 6.07) is 93.3. The number of furan rings is 3. The van der Waals surface area contributed by atoms with Crippen LogP contribution in [0.1, 0.15) is 0 Å². The van der Waals surface area contributed by atoms with Crippen molar-refractivity contribution in [2.75, 3.05) is 9.80 Å². The van der Waals surface area contributed by atoms with E-state index in [9.17, 15) is 0 Å². The maximum absolute atomic E-state index is 6.99. The Bertz CT molecular complexity index is 6250. The first-order valence-electron chi connectivity index (χ1n) is 30.1. The molecule has 9 nitrogen and oxygen atoms in total. The topological polar surface area (TPSA) is 98.0 Å². The molecule has 7 aromatic heterocycles. The molecule has 0 N–H and O–H groups in total. The molecule has 0 bridgehead atoms. The average Bonchev–Trinajstić information content (AvgIpc) is 1.79. The molecule has 0 spiro atoms. The summed E-state index contributed by atoms with van der Waals surface area (Å²) in [4.78, 5) is 14.5. The van der Waals surface area contributed by atoms with Crippen LogP contribution in [0.5, 0.6) is 0 Å². The highest BCUT2D eigenvalue weighted by Gasteiger charge is 2.25. The van der Waals surface area contributed by atoms with E-state index < -0.39 is 0 Å². The zero-order chi connectivity index (χ0) is 59.4. The first-order chi connectivity index (χ1) is 45.0. The number of benzene rings is 13. The van der Waals surface area contributed by atoms with Crippen LogP contribution in [0.4, 0.5) is 34.1 Å². The molecule has 11 heteroatoms. The number of para-hydroxylation sites is 3. The Kier molecular flexibility index (Phi) is 10.7. The van der Waals surface area contributed by atoms with E-state index in [0.717, 1.165) is 133 Å². The van der Waals surface area contributed by atoms with Gasteiger partial charge in [-0.2, -0.15) is 0 Å². The lowest BCUT2D eigenvalue weighted by Crippen LogP contribution is -2.10. The van der Waals surface area contributed by atoms with E-state index in [1.54, 1.807) is 0 Å². The van der Waals surface area contributed by atoms with E-state index in [1.807, 2.05) is 71.2 Å². The summed E-state index contributed by atoms with van der Waals surface area (Å²) in [5, 5.41) is 10.9. The lowest BCUT2D eigenvalue weighted by Gasteiger charge is -2.26. The fourth-order valence-corrected chi connectivity index (χ4v) is 15.8. The standard InChI is InChI=1S/C80H44N4O5S2/c1-3-13-46(14-4-1)79-81-63-41-59-57-19-11-21-65(77(57)87-70(59)44-72(63)89-79)83(49-15-5-2-6-16-49)52-30-34-54-53-33-29-48(37-67(53)85-68(54)40-52)45-25-27-47(28-26-45)80-82-64-43-69-60(42-71(64)88-80)58-20-12-22-66(78(58)86-69)84(50-31-35-75-61(38-50)55-17-7-9-23-73(55)90-75)51-32-36-76-62(39-51)56-18-8-10-24-74(56)91-76/h1-44H. The van der Waals surface area contributed by atoms with Gasteiger partial charge in [-0.25, -0.2) is 9.97 Å². The SMILES string of the molecule is c1ccc(-c2nc3cc4c(cc3o2)oc2c(N(c3ccccc3)c3ccc5c(c3)oc3cc(-c6ccc(-c7nc8cc9oc%10c(N(c%11ccc%12sc%13ccccc%13c%12c%11)c%11ccc%12sc%13ccccc%13c%12c%11)cccc%10c9cc8o7)cc6)ccc35)cccc24)cc1. The van der Waals surface area contributed by atoms with Gasteiger partial charge in [-0.05, 0) is 145 Å². The number of rotatable bonds is 9. The first-order valence-corrected chi connectivity index (χ1v) is 31.8. The quantitative estimate of drug-likeness (QED) is 0.140. The Hall–Kier alpha value is -11.8. The fourth-order valence-electron chi connectivity index (χ4n) is 13.6. The second kappa shape index (κ2) is 19.4. The number of fused-ring (bicyclic) bond motifs is 17. The molecule has 0 aliphatic carbocycles. The van der Waals surface area contributed by atoms with Gasteiger partial charge in [0.15, 0.2) is 22.3 Å². The van der Waals surface area contributed by atoms with Gasteiger partial charge < -0.3 is 31.9 Å². The lowest BCUT2D eigenvalue weighted by molar-refractivity contribution is 0.617. The molecular formula is C80H44N4O5S2. The lowest BCUT2D eigenvalue weighted by atomic mass is 10.0. The zero-order valence-electron chi connectivity index (χ0n) is 48.1. The van der Waals surface area contributed by atoms with Crippen LogP contribution in [0.3, 0.4) is 0 Å². The summed E-state index contributed by atoms with van der Waals surface area (Å²) < 4.78 is 38.5. The number of oxazole rings is 2. The monoisotopic (exact) mass is 1200 g/mol. The molecule has 0 saturated carbocycles. The molecule has 0 aliphatic rings. The van der Waals surface area contributed by atoms with Gasteiger partial charge in [-0.3, -0.25) is 0 Å². The minimum Gasteiger partial charge on any atom is -0.456 e. The van der Waals surface area contributed by atoms with Crippen LogP contribution in [0.25, 0.3) is 162 Å². The van der Waals surface area contributed by atoms with Crippen LogP contribution >= 0.6 is 22.7 Å². The Morgan fingerprint density at radius 3 is 1.36 bits per heavy atom. The summed E-state index contributed by atoms with van der Waals surface area (Å²) >= 11 is 3.65. The molecule has 20 rings (SSSR count). The molecule has 91 heavy (non-hydrogen) atoms. The van der Waals surface area contributed by atoms with E-state index >= 15 is 0 Å². The van der Waals surface area contributed by atoms with Crippen LogP contribution in [0, 0.1) is 0 Å². The predicted molar refractivity (Wildman–Crippen MR) is 375 cm³/mol. The third-order valence-electron chi connectivity index (χ3n) is 17.9. The van der Waals surface area contributed by atoms with E-state index in [4.69, 9.17) is 32.1 Å². The van der Waals surface area contributed by atoms with Gasteiger partial charge in [0.25, 0.3) is 0 Å². The van der Waals surface area contributed by atoms with Crippen molar-refractivity contribution < 1.29 is 22.1 Å². The maximum atomic E-state index is 6.99. The molecule has 13 aromatic carbocycles. The van der Waals surface area contributed by atoms with Gasteiger partial charge in [-0.15, -0.1) is 22.7 Å². The van der Waals surface area contributed by atoms with Crippen LogP contribution in [-0.4, -0.2) is 9.97 Å². The molecule has 0 radical (unpaired) electrons. The third-order valence-corrected chi connectivity index (χ3v) is 20.2. The molecule has 0 unspecified atom stereocenters. The van der Waals surface area contributed by atoms with Gasteiger partial charge in [-0.1, -0.05) is 115 Å². The van der Waals surface area contributed by atoms with E-state index in [1.165, 1.54) is 40.3 Å². The molecule has 20 aromatic rings. The molecule has 0 saturated heterocycles. The van der Waals surface area contributed by atoms with Crippen molar-refractivity contribution in [2.45, 2.75) is 0 Å². The first kappa shape index (κ1) is 50.3. The highest BCUT2D eigenvalue weighted by molar-refractivity contribution is 7.26. The largest absolute Gasteiger partial charge is 0.456 e. The average molecular weight is 1210 g/mol. The third kappa shape index (κ3) is 7.88.